The quantitative estimate of drug-likeness (QED) is 0.815. The van der Waals surface area contributed by atoms with Gasteiger partial charge in [-0.1, -0.05) is 0 Å². The third-order valence-electron chi connectivity index (χ3n) is 3.05. The van der Waals surface area contributed by atoms with Gasteiger partial charge in [-0.15, -0.1) is 0 Å². The van der Waals surface area contributed by atoms with E-state index in [9.17, 15) is 18.7 Å². The van der Waals surface area contributed by atoms with Gasteiger partial charge in [0, 0.05) is 12.1 Å². The van der Waals surface area contributed by atoms with Gasteiger partial charge in [0.25, 0.3) is 0 Å². The van der Waals surface area contributed by atoms with Crippen molar-refractivity contribution >= 4 is 5.91 Å². The fourth-order valence-corrected chi connectivity index (χ4v) is 2.25. The number of carbonyl (C=O) groups excluding carboxylic acids is 1. The average molecular weight is 257 g/mol. The predicted octanol–water partition coefficient (Wildman–Crippen LogP) is 0.591. The molecule has 4 nitrogen and oxygen atoms in total. The molecular weight excluding hydrogens is 244 g/mol. The third kappa shape index (κ3) is 2.34. The highest BCUT2D eigenvalue weighted by atomic mass is 19.1. The van der Waals surface area contributed by atoms with E-state index in [1.54, 1.807) is 0 Å². The number of hydrogen-bond acceptors (Lipinski definition) is 3. The van der Waals surface area contributed by atoms with E-state index < -0.39 is 36.3 Å². The lowest BCUT2D eigenvalue weighted by Crippen LogP contribution is -2.34. The molecular formula is C12H13F2NO3. The molecule has 2 rings (SSSR count). The summed E-state index contributed by atoms with van der Waals surface area (Å²) in [4.78, 5) is 12.7. The summed E-state index contributed by atoms with van der Waals surface area (Å²) in [6.07, 6.45) is -0.667. The van der Waals surface area contributed by atoms with Gasteiger partial charge in [-0.2, -0.15) is 0 Å². The highest BCUT2D eigenvalue weighted by Gasteiger charge is 2.36. The summed E-state index contributed by atoms with van der Waals surface area (Å²) in [5.74, 6) is -1.85. The molecule has 1 saturated heterocycles. The Morgan fingerprint density at radius 3 is 2.83 bits per heavy atom. The Bertz CT molecular complexity index is 467. The highest BCUT2D eigenvalue weighted by molar-refractivity contribution is 5.78. The second-order valence-electron chi connectivity index (χ2n) is 4.28. The Morgan fingerprint density at radius 2 is 2.17 bits per heavy atom. The van der Waals surface area contributed by atoms with E-state index >= 15 is 0 Å². The summed E-state index contributed by atoms with van der Waals surface area (Å²) in [5, 5.41) is 18.4. The first-order valence-corrected chi connectivity index (χ1v) is 5.56. The topological polar surface area (TPSA) is 60.8 Å². The van der Waals surface area contributed by atoms with E-state index in [0.717, 1.165) is 18.2 Å². The van der Waals surface area contributed by atoms with E-state index in [-0.39, 0.29) is 18.5 Å². The fraction of sp³-hybridized carbons (Fsp3) is 0.417. The molecule has 18 heavy (non-hydrogen) atoms. The molecule has 1 aliphatic heterocycles. The fourth-order valence-electron chi connectivity index (χ4n) is 2.25. The SMILES string of the molecule is O=C(CO)N1CC(O)CC1c1cc(F)ccc1F. The number of aliphatic hydroxyl groups excluding tert-OH is 2. The van der Waals surface area contributed by atoms with Crippen LogP contribution in [0.5, 0.6) is 0 Å². The molecule has 1 heterocycles. The van der Waals surface area contributed by atoms with Crippen LogP contribution in [0, 0.1) is 11.6 Å². The smallest absolute Gasteiger partial charge is 0.248 e. The molecule has 0 aromatic heterocycles. The molecule has 1 fully saturated rings. The zero-order valence-electron chi connectivity index (χ0n) is 9.51. The number of carbonyl (C=O) groups is 1. The molecule has 0 radical (unpaired) electrons. The van der Waals surface area contributed by atoms with Crippen molar-refractivity contribution in [3.63, 3.8) is 0 Å². The zero-order valence-corrected chi connectivity index (χ0v) is 9.51. The molecule has 0 aliphatic carbocycles. The van der Waals surface area contributed by atoms with Crippen molar-refractivity contribution in [3.05, 3.63) is 35.4 Å². The highest BCUT2D eigenvalue weighted by Crippen LogP contribution is 2.33. The van der Waals surface area contributed by atoms with Crippen LogP contribution >= 0.6 is 0 Å². The van der Waals surface area contributed by atoms with Crippen molar-refractivity contribution in [3.8, 4) is 0 Å². The minimum absolute atomic E-state index is 0.0139. The van der Waals surface area contributed by atoms with Crippen LogP contribution in [0.15, 0.2) is 18.2 Å². The summed E-state index contributed by atoms with van der Waals surface area (Å²) < 4.78 is 26.8. The standard InChI is InChI=1S/C12H13F2NO3/c13-7-1-2-10(14)9(3-7)11-4-8(17)5-15(11)12(18)6-16/h1-3,8,11,16-17H,4-6H2. The number of aliphatic hydroxyl groups is 2. The molecule has 1 aromatic rings. The molecule has 1 amide bonds. The van der Waals surface area contributed by atoms with Gasteiger partial charge in [-0.05, 0) is 24.6 Å². The Kier molecular flexibility index (Phi) is 3.58. The second-order valence-corrected chi connectivity index (χ2v) is 4.28. The Balaban J connectivity index is 2.35. The zero-order chi connectivity index (χ0) is 13.3. The summed E-state index contributed by atoms with van der Waals surface area (Å²) in [6.45, 7) is -0.708. The van der Waals surface area contributed by atoms with Crippen molar-refractivity contribution < 1.29 is 23.8 Å². The first-order chi connectivity index (χ1) is 8.52. The van der Waals surface area contributed by atoms with Crippen LogP contribution < -0.4 is 0 Å². The maximum Gasteiger partial charge on any atom is 0.248 e. The molecule has 1 aromatic carbocycles. The van der Waals surface area contributed by atoms with Crippen LogP contribution in [0.2, 0.25) is 0 Å². The number of halogens is 2. The van der Waals surface area contributed by atoms with Gasteiger partial charge in [0.2, 0.25) is 5.91 Å². The summed E-state index contributed by atoms with van der Waals surface area (Å²) in [5.41, 5.74) is 0.0216. The van der Waals surface area contributed by atoms with Gasteiger partial charge in [-0.3, -0.25) is 4.79 Å². The summed E-state index contributed by atoms with van der Waals surface area (Å²) >= 11 is 0. The number of benzene rings is 1. The van der Waals surface area contributed by atoms with Crippen LogP contribution in [-0.2, 0) is 4.79 Å². The number of amides is 1. The van der Waals surface area contributed by atoms with Gasteiger partial charge in [-0.25, -0.2) is 8.78 Å². The van der Waals surface area contributed by atoms with Crippen molar-refractivity contribution in [2.24, 2.45) is 0 Å². The molecule has 2 unspecified atom stereocenters. The Hall–Kier alpha value is -1.53. The molecule has 1 aliphatic rings. The van der Waals surface area contributed by atoms with Crippen LogP contribution in [-0.4, -0.2) is 40.3 Å². The molecule has 6 heteroatoms. The number of nitrogens with zero attached hydrogens (tertiary/aromatic N) is 1. The lowest BCUT2D eigenvalue weighted by molar-refractivity contribution is -0.135. The van der Waals surface area contributed by atoms with Crippen molar-refractivity contribution in [1.29, 1.82) is 0 Å². The lowest BCUT2D eigenvalue weighted by Gasteiger charge is -2.24. The van der Waals surface area contributed by atoms with Gasteiger partial charge < -0.3 is 15.1 Å². The predicted molar refractivity (Wildman–Crippen MR) is 58.5 cm³/mol. The minimum atomic E-state index is -0.798. The van der Waals surface area contributed by atoms with Gasteiger partial charge in [0.1, 0.15) is 18.2 Å². The lowest BCUT2D eigenvalue weighted by atomic mass is 10.0. The normalized spacial score (nSPS) is 23.4. The van der Waals surface area contributed by atoms with E-state index in [1.165, 1.54) is 4.90 Å². The first kappa shape index (κ1) is 12.9. The molecule has 0 spiro atoms. The van der Waals surface area contributed by atoms with Crippen molar-refractivity contribution in [1.82, 2.24) is 4.90 Å². The summed E-state index contributed by atoms with van der Waals surface area (Å²) in [6, 6.07) is 2.24. The van der Waals surface area contributed by atoms with Crippen molar-refractivity contribution in [2.45, 2.75) is 18.6 Å². The third-order valence-corrected chi connectivity index (χ3v) is 3.05. The first-order valence-electron chi connectivity index (χ1n) is 5.56. The van der Waals surface area contributed by atoms with Crippen LogP contribution in [0.1, 0.15) is 18.0 Å². The van der Waals surface area contributed by atoms with Crippen LogP contribution in [0.4, 0.5) is 8.78 Å². The average Bonchev–Trinajstić information content (AvgIpc) is 2.73. The van der Waals surface area contributed by atoms with E-state index in [4.69, 9.17) is 5.11 Å². The molecule has 2 atom stereocenters. The maximum atomic E-state index is 13.6. The molecule has 98 valence electrons. The van der Waals surface area contributed by atoms with Crippen molar-refractivity contribution in [2.75, 3.05) is 13.2 Å². The number of likely N-dealkylation sites (tertiary alicyclic amines) is 1. The van der Waals surface area contributed by atoms with E-state index in [2.05, 4.69) is 0 Å². The largest absolute Gasteiger partial charge is 0.391 e. The van der Waals surface area contributed by atoms with Crippen LogP contribution in [0.25, 0.3) is 0 Å². The molecule has 2 N–H and O–H groups in total. The van der Waals surface area contributed by atoms with Gasteiger partial charge in [0.15, 0.2) is 0 Å². The van der Waals surface area contributed by atoms with E-state index in [1.807, 2.05) is 0 Å². The van der Waals surface area contributed by atoms with E-state index in [0.29, 0.717) is 0 Å². The molecule has 0 bridgehead atoms. The summed E-state index contributed by atoms with van der Waals surface area (Å²) in [7, 11) is 0. The monoisotopic (exact) mass is 257 g/mol. The Morgan fingerprint density at radius 1 is 1.44 bits per heavy atom. The molecule has 0 saturated carbocycles. The Labute approximate surface area is 102 Å². The number of β-amino-alcohol motifs (C(OH)–C–C–N with tert-alkyl or cyclic N) is 1. The number of hydrogen-bond donors (Lipinski definition) is 2. The maximum absolute atomic E-state index is 13.6. The second kappa shape index (κ2) is 4.99. The minimum Gasteiger partial charge on any atom is -0.391 e. The number of rotatable bonds is 2. The van der Waals surface area contributed by atoms with Gasteiger partial charge >= 0.3 is 0 Å². The van der Waals surface area contributed by atoms with Gasteiger partial charge in [0.05, 0.1) is 12.1 Å². The van der Waals surface area contributed by atoms with Crippen LogP contribution in [0.3, 0.4) is 0 Å².